The number of amides is 1. The third-order valence-electron chi connectivity index (χ3n) is 5.41. The molecule has 0 bridgehead atoms. The average Bonchev–Trinajstić information content (AvgIpc) is 3.22. The number of halogens is 6. The fraction of sp³-hybridized carbons (Fsp3) is 0.318. The zero-order valence-electron chi connectivity index (χ0n) is 17.5. The highest BCUT2D eigenvalue weighted by molar-refractivity contribution is 6.36. The Bertz CT molecular complexity index is 1200. The van der Waals surface area contributed by atoms with Crippen LogP contribution in [0.25, 0.3) is 11.4 Å². The molecular formula is C22H18Cl3F3N4O2. The number of hydrogen-bond donors (Lipinski definition) is 1. The van der Waals surface area contributed by atoms with E-state index < -0.39 is 22.7 Å². The van der Waals surface area contributed by atoms with E-state index in [-0.39, 0.29) is 11.6 Å². The summed E-state index contributed by atoms with van der Waals surface area (Å²) in [6.45, 7) is 1.43. The Kier molecular flexibility index (Phi) is 7.37. The number of hydrogen-bond acceptors (Lipinski definition) is 5. The third kappa shape index (κ3) is 5.83. The summed E-state index contributed by atoms with van der Waals surface area (Å²) in [5.41, 5.74) is -0.372. The van der Waals surface area contributed by atoms with Crippen LogP contribution >= 0.6 is 34.8 Å². The van der Waals surface area contributed by atoms with Gasteiger partial charge < -0.3 is 9.84 Å². The van der Waals surface area contributed by atoms with Gasteiger partial charge in [0, 0.05) is 22.8 Å². The van der Waals surface area contributed by atoms with Gasteiger partial charge in [0.1, 0.15) is 0 Å². The van der Waals surface area contributed by atoms with Gasteiger partial charge in [0.25, 0.3) is 0 Å². The van der Waals surface area contributed by atoms with Crippen LogP contribution in [-0.2, 0) is 17.5 Å². The van der Waals surface area contributed by atoms with E-state index in [9.17, 15) is 18.0 Å². The first kappa shape index (κ1) is 24.8. The van der Waals surface area contributed by atoms with Crippen molar-refractivity contribution in [1.82, 2.24) is 15.0 Å². The molecule has 1 N–H and O–H groups in total. The van der Waals surface area contributed by atoms with E-state index in [1.54, 1.807) is 18.2 Å². The Hall–Kier alpha value is -2.33. The molecule has 1 aliphatic rings. The van der Waals surface area contributed by atoms with Gasteiger partial charge in [-0.15, -0.1) is 0 Å². The van der Waals surface area contributed by atoms with Crippen molar-refractivity contribution in [2.45, 2.75) is 25.6 Å². The number of alkyl halides is 3. The number of aromatic nitrogens is 2. The molecule has 1 amide bonds. The van der Waals surface area contributed by atoms with Gasteiger partial charge >= 0.3 is 6.18 Å². The Balaban J connectivity index is 1.39. The SMILES string of the molecule is O=C(Nc1ccc(Cl)c(C(F)(F)F)c1)C1CCCN(Cc2nc(-c3ccc(Cl)cc3Cl)no2)C1. The molecule has 1 fully saturated rings. The van der Waals surface area contributed by atoms with Crippen LogP contribution in [-0.4, -0.2) is 34.0 Å². The second-order valence-corrected chi connectivity index (χ2v) is 9.14. The molecular weight excluding hydrogens is 516 g/mol. The fourth-order valence-electron chi connectivity index (χ4n) is 3.77. The summed E-state index contributed by atoms with van der Waals surface area (Å²) in [5, 5.41) is 7.00. The van der Waals surface area contributed by atoms with Crippen LogP contribution in [0.4, 0.5) is 18.9 Å². The zero-order valence-corrected chi connectivity index (χ0v) is 19.8. The Morgan fingerprint density at radius 1 is 1.15 bits per heavy atom. The maximum absolute atomic E-state index is 13.1. The van der Waals surface area contributed by atoms with Gasteiger partial charge in [-0.25, -0.2) is 0 Å². The zero-order chi connectivity index (χ0) is 24.5. The first-order valence-electron chi connectivity index (χ1n) is 10.3. The summed E-state index contributed by atoms with van der Waals surface area (Å²) in [6.07, 6.45) is -3.27. The highest BCUT2D eigenvalue weighted by Gasteiger charge is 2.34. The molecule has 0 saturated carbocycles. The number of nitrogens with one attached hydrogen (secondary N) is 1. The van der Waals surface area contributed by atoms with Crippen LogP contribution in [0.5, 0.6) is 0 Å². The molecule has 2 heterocycles. The van der Waals surface area contributed by atoms with Crippen molar-refractivity contribution in [3.05, 3.63) is 62.9 Å². The molecule has 0 spiro atoms. The lowest BCUT2D eigenvalue weighted by atomic mass is 9.97. The van der Waals surface area contributed by atoms with Crippen LogP contribution in [0.15, 0.2) is 40.9 Å². The molecule has 1 aromatic heterocycles. The van der Waals surface area contributed by atoms with Gasteiger partial charge in [0.05, 0.1) is 28.1 Å². The van der Waals surface area contributed by atoms with Gasteiger partial charge in [0.15, 0.2) is 0 Å². The minimum atomic E-state index is -4.61. The highest BCUT2D eigenvalue weighted by Crippen LogP contribution is 2.36. The number of nitrogens with zero attached hydrogens (tertiary/aromatic N) is 3. The lowest BCUT2D eigenvalue weighted by Crippen LogP contribution is -2.40. The van der Waals surface area contributed by atoms with E-state index in [1.807, 2.05) is 4.90 Å². The monoisotopic (exact) mass is 532 g/mol. The molecule has 2 aromatic carbocycles. The number of carbonyl (C=O) groups excluding carboxylic acids is 1. The Labute approximate surface area is 208 Å². The number of rotatable bonds is 5. The summed E-state index contributed by atoms with van der Waals surface area (Å²) < 4.78 is 44.6. The average molecular weight is 534 g/mol. The Morgan fingerprint density at radius 2 is 1.94 bits per heavy atom. The lowest BCUT2D eigenvalue weighted by Gasteiger charge is -2.30. The van der Waals surface area contributed by atoms with E-state index >= 15 is 0 Å². The first-order valence-corrected chi connectivity index (χ1v) is 11.4. The molecule has 6 nitrogen and oxygen atoms in total. The van der Waals surface area contributed by atoms with Gasteiger partial charge in [-0.3, -0.25) is 9.69 Å². The minimum absolute atomic E-state index is 0.0419. The van der Waals surface area contributed by atoms with Crippen molar-refractivity contribution >= 4 is 46.4 Å². The van der Waals surface area contributed by atoms with E-state index in [0.717, 1.165) is 18.6 Å². The largest absolute Gasteiger partial charge is 0.417 e. The number of piperidine rings is 1. The van der Waals surface area contributed by atoms with Crippen LogP contribution in [0, 0.1) is 5.92 Å². The molecule has 3 aromatic rings. The first-order chi connectivity index (χ1) is 16.1. The number of benzene rings is 2. The maximum atomic E-state index is 13.1. The predicted octanol–water partition coefficient (Wildman–Crippen LogP) is 6.57. The molecule has 180 valence electrons. The highest BCUT2D eigenvalue weighted by atomic mass is 35.5. The quantitative estimate of drug-likeness (QED) is 0.402. The van der Waals surface area contributed by atoms with Crippen LogP contribution < -0.4 is 5.32 Å². The summed E-state index contributed by atoms with van der Waals surface area (Å²) in [5.74, 6) is -0.0908. The summed E-state index contributed by atoms with van der Waals surface area (Å²) >= 11 is 17.8. The minimum Gasteiger partial charge on any atom is -0.338 e. The summed E-state index contributed by atoms with van der Waals surface area (Å²) in [6, 6.07) is 8.25. The number of anilines is 1. The van der Waals surface area contributed by atoms with E-state index in [1.165, 1.54) is 6.07 Å². The van der Waals surface area contributed by atoms with Crippen LogP contribution in [0.2, 0.25) is 15.1 Å². The topological polar surface area (TPSA) is 71.3 Å². The van der Waals surface area contributed by atoms with Crippen molar-refractivity contribution in [1.29, 1.82) is 0 Å². The number of carbonyl (C=O) groups is 1. The molecule has 0 aliphatic carbocycles. The molecule has 1 saturated heterocycles. The molecule has 1 aliphatic heterocycles. The van der Waals surface area contributed by atoms with Crippen molar-refractivity contribution in [2.24, 2.45) is 5.92 Å². The molecule has 0 radical (unpaired) electrons. The normalized spacial score (nSPS) is 17.1. The fourth-order valence-corrected chi connectivity index (χ4v) is 4.49. The van der Waals surface area contributed by atoms with E-state index in [2.05, 4.69) is 15.5 Å². The molecule has 12 heteroatoms. The molecule has 1 unspecified atom stereocenters. The van der Waals surface area contributed by atoms with Crippen molar-refractivity contribution in [3.63, 3.8) is 0 Å². The second-order valence-electron chi connectivity index (χ2n) is 7.89. The smallest absolute Gasteiger partial charge is 0.338 e. The molecule has 4 rings (SSSR count). The van der Waals surface area contributed by atoms with Crippen LogP contribution in [0.1, 0.15) is 24.3 Å². The molecule has 34 heavy (non-hydrogen) atoms. The summed E-state index contributed by atoms with van der Waals surface area (Å²) in [7, 11) is 0. The van der Waals surface area contributed by atoms with E-state index in [0.29, 0.717) is 53.4 Å². The van der Waals surface area contributed by atoms with Crippen molar-refractivity contribution in [2.75, 3.05) is 18.4 Å². The lowest BCUT2D eigenvalue weighted by molar-refractivity contribution is -0.137. The van der Waals surface area contributed by atoms with Gasteiger partial charge in [-0.1, -0.05) is 40.0 Å². The van der Waals surface area contributed by atoms with Crippen molar-refractivity contribution in [3.8, 4) is 11.4 Å². The van der Waals surface area contributed by atoms with Crippen molar-refractivity contribution < 1.29 is 22.5 Å². The van der Waals surface area contributed by atoms with Gasteiger partial charge in [0.2, 0.25) is 17.6 Å². The van der Waals surface area contributed by atoms with Crippen LogP contribution in [0.3, 0.4) is 0 Å². The number of likely N-dealkylation sites (tertiary alicyclic amines) is 1. The standard InChI is InChI=1S/C22H18Cl3F3N4O2/c23-13-3-5-15(18(25)8-13)20-30-19(34-31-20)11-32-7-1-2-12(10-32)21(33)29-14-4-6-17(24)16(9-14)22(26,27)28/h3-6,8-9,12H,1-2,7,10-11H2,(H,29,33). The molecule has 1 atom stereocenters. The summed E-state index contributed by atoms with van der Waals surface area (Å²) in [4.78, 5) is 19.1. The maximum Gasteiger partial charge on any atom is 0.417 e. The second kappa shape index (κ2) is 10.1. The van der Waals surface area contributed by atoms with E-state index in [4.69, 9.17) is 39.3 Å². The Morgan fingerprint density at radius 3 is 2.68 bits per heavy atom. The predicted molar refractivity (Wildman–Crippen MR) is 123 cm³/mol. The van der Waals surface area contributed by atoms with Gasteiger partial charge in [-0.05, 0) is 55.8 Å². The third-order valence-corrected chi connectivity index (χ3v) is 6.29. The van der Waals surface area contributed by atoms with Gasteiger partial charge in [-0.2, -0.15) is 18.2 Å².